The van der Waals surface area contributed by atoms with Crippen LogP contribution in [0.25, 0.3) is 0 Å². The van der Waals surface area contributed by atoms with Crippen LogP contribution in [0.4, 0.5) is 0 Å². The van der Waals surface area contributed by atoms with Gasteiger partial charge in [-0.1, -0.05) is 85.0 Å². The quantitative estimate of drug-likeness (QED) is 0.176. The van der Waals surface area contributed by atoms with Gasteiger partial charge in [-0.05, 0) is 92.4 Å². The van der Waals surface area contributed by atoms with Crippen molar-refractivity contribution in [3.05, 3.63) is 112 Å². The van der Waals surface area contributed by atoms with E-state index < -0.39 is 20.8 Å². The molecule has 5 rings (SSSR count). The first kappa shape index (κ1) is 32.4. The van der Waals surface area contributed by atoms with Crippen molar-refractivity contribution in [3.8, 4) is 0 Å². The maximum absolute atomic E-state index is 4.93. The standard InChI is InChI=1S/C16H18.C14H20.2CH3.2ClH.Zr/c1-2-6-13(7-3-1)10-14-11-15-8-4-5-9-16(15)12-14;1-2-3-4-7-12-10-11-13-8-5-6-9-14(12)13;;;;;/h1-9,14-16H,10-12H2;2,5-6,8-9,12-14H,1,3-4,7,10-11H2;2*1H3;2*1H;/q;;2*-1;;;+4/p-2. The van der Waals surface area contributed by atoms with Crippen LogP contribution in [0.5, 0.6) is 0 Å². The van der Waals surface area contributed by atoms with E-state index in [0.29, 0.717) is 0 Å². The SMILES string of the molecule is C1=CC2CC(Cc3ccccc3)CC2C=C1.C=CCCCC1CCC2C=CC=CC21.[CH3-].[CH3-].[Cl][Zr+2][Cl]. The van der Waals surface area contributed by atoms with Crippen molar-refractivity contribution in [2.45, 2.75) is 51.4 Å². The van der Waals surface area contributed by atoms with Crippen LogP contribution in [0.3, 0.4) is 0 Å². The van der Waals surface area contributed by atoms with Crippen LogP contribution in [-0.4, -0.2) is 0 Å². The number of rotatable bonds is 6. The number of unbranched alkanes of at least 4 members (excludes halogenated alkanes) is 1. The number of benzene rings is 1. The molecule has 0 spiro atoms. The van der Waals surface area contributed by atoms with Gasteiger partial charge in [0.25, 0.3) is 0 Å². The molecule has 0 nitrogen and oxygen atoms in total. The van der Waals surface area contributed by atoms with Crippen molar-refractivity contribution in [1.82, 2.24) is 0 Å². The van der Waals surface area contributed by atoms with Crippen LogP contribution in [0, 0.1) is 50.4 Å². The Bertz CT molecular complexity index is 790. The molecule has 0 aliphatic heterocycles. The van der Waals surface area contributed by atoms with Gasteiger partial charge in [0, 0.05) is 0 Å². The van der Waals surface area contributed by atoms with Gasteiger partial charge in [0.05, 0.1) is 0 Å². The van der Waals surface area contributed by atoms with Crippen molar-refractivity contribution in [1.29, 1.82) is 0 Å². The molecule has 0 N–H and O–H groups in total. The molecule has 0 bridgehead atoms. The van der Waals surface area contributed by atoms with Crippen LogP contribution in [0.2, 0.25) is 0 Å². The first-order chi connectivity index (χ1) is 16.2. The Morgan fingerprint density at radius 1 is 0.829 bits per heavy atom. The summed E-state index contributed by atoms with van der Waals surface area (Å²) in [5.74, 6) is 5.17. The van der Waals surface area contributed by atoms with E-state index in [4.69, 9.17) is 17.0 Å². The molecule has 0 amide bonds. The number of fused-ring (bicyclic) bond motifs is 2. The molecular weight excluding hydrogens is 546 g/mol. The van der Waals surface area contributed by atoms with Crippen molar-refractivity contribution < 1.29 is 20.8 Å². The summed E-state index contributed by atoms with van der Waals surface area (Å²) in [6, 6.07) is 10.9. The third-order valence-corrected chi connectivity index (χ3v) is 7.65. The Kier molecular flexibility index (Phi) is 17.2. The van der Waals surface area contributed by atoms with E-state index in [-0.39, 0.29) is 14.9 Å². The Morgan fingerprint density at radius 3 is 2.00 bits per heavy atom. The van der Waals surface area contributed by atoms with E-state index in [1.165, 1.54) is 56.9 Å². The molecule has 2 fully saturated rings. The van der Waals surface area contributed by atoms with Gasteiger partial charge in [0.15, 0.2) is 0 Å². The zero-order chi connectivity index (χ0) is 23.3. The Hall–Kier alpha value is -0.617. The normalized spacial score (nSPS) is 28.5. The predicted molar refractivity (Wildman–Crippen MR) is 155 cm³/mol. The first-order valence-electron chi connectivity index (χ1n) is 12.6. The van der Waals surface area contributed by atoms with Crippen molar-refractivity contribution in [3.63, 3.8) is 0 Å². The van der Waals surface area contributed by atoms with Gasteiger partial charge in [-0.15, -0.1) is 6.58 Å². The van der Waals surface area contributed by atoms with Gasteiger partial charge in [0.2, 0.25) is 0 Å². The van der Waals surface area contributed by atoms with Gasteiger partial charge < -0.3 is 14.9 Å². The zero-order valence-electron chi connectivity index (χ0n) is 21.7. The minimum absolute atomic E-state index is 0. The third kappa shape index (κ3) is 10.7. The molecule has 0 aromatic heterocycles. The maximum atomic E-state index is 4.93. The zero-order valence-corrected chi connectivity index (χ0v) is 25.6. The number of hydrogen-bond donors (Lipinski definition) is 0. The molecule has 0 saturated heterocycles. The first-order valence-corrected chi connectivity index (χ1v) is 18.9. The molecule has 2 saturated carbocycles. The number of allylic oxidation sites excluding steroid dienone is 9. The Morgan fingerprint density at radius 2 is 1.40 bits per heavy atom. The summed E-state index contributed by atoms with van der Waals surface area (Å²) in [4.78, 5) is 0. The topological polar surface area (TPSA) is 0 Å². The fraction of sp³-hybridized carbons (Fsp3) is 0.438. The summed E-state index contributed by atoms with van der Waals surface area (Å²) >= 11 is -0.826. The fourth-order valence-electron chi connectivity index (χ4n) is 6.11. The minimum atomic E-state index is -0.826. The molecule has 0 radical (unpaired) electrons. The molecule has 5 unspecified atom stereocenters. The van der Waals surface area contributed by atoms with Crippen LogP contribution in [0.15, 0.2) is 91.6 Å². The van der Waals surface area contributed by atoms with Crippen LogP contribution < -0.4 is 0 Å². The molecule has 190 valence electrons. The van der Waals surface area contributed by atoms with Gasteiger partial charge in [0.1, 0.15) is 0 Å². The summed E-state index contributed by atoms with van der Waals surface area (Å²) in [6.45, 7) is 3.78. The van der Waals surface area contributed by atoms with Crippen molar-refractivity contribution in [2.24, 2.45) is 35.5 Å². The number of hydrogen-bond acceptors (Lipinski definition) is 0. The summed E-state index contributed by atoms with van der Waals surface area (Å²) in [5.41, 5.74) is 1.50. The van der Waals surface area contributed by atoms with Gasteiger partial charge in [-0.2, -0.15) is 0 Å². The average molecular weight is 591 g/mol. The molecule has 4 aliphatic carbocycles. The summed E-state index contributed by atoms with van der Waals surface area (Å²) in [5, 5.41) is 0. The third-order valence-electron chi connectivity index (χ3n) is 7.65. The van der Waals surface area contributed by atoms with Crippen molar-refractivity contribution >= 4 is 17.0 Å². The number of halogens is 2. The molecule has 4 aliphatic rings. The van der Waals surface area contributed by atoms with Crippen LogP contribution in [0.1, 0.15) is 50.5 Å². The molecular formula is C32H44Cl2Zr. The summed E-state index contributed by atoms with van der Waals surface area (Å²) in [6.07, 6.45) is 31.3. The van der Waals surface area contributed by atoms with E-state index in [9.17, 15) is 0 Å². The van der Waals surface area contributed by atoms with E-state index in [0.717, 1.165) is 35.5 Å². The van der Waals surface area contributed by atoms with Crippen molar-refractivity contribution in [2.75, 3.05) is 0 Å². The Balaban J connectivity index is 0.000000302. The second-order valence-electron chi connectivity index (χ2n) is 9.76. The van der Waals surface area contributed by atoms with E-state index in [1.807, 2.05) is 6.08 Å². The second-order valence-corrected chi connectivity index (χ2v) is 13.5. The summed E-state index contributed by atoms with van der Waals surface area (Å²) in [7, 11) is 9.87. The molecule has 1 aromatic rings. The predicted octanol–water partition coefficient (Wildman–Crippen LogP) is 10.4. The Labute approximate surface area is 235 Å². The average Bonchev–Trinajstić information content (AvgIpc) is 3.44. The second kappa shape index (κ2) is 18.6. The molecule has 3 heteroatoms. The van der Waals surface area contributed by atoms with Gasteiger partial charge in [-0.3, -0.25) is 0 Å². The van der Waals surface area contributed by atoms with Crippen LogP contribution in [-0.2, 0) is 27.3 Å². The summed E-state index contributed by atoms with van der Waals surface area (Å²) < 4.78 is 0. The van der Waals surface area contributed by atoms with E-state index >= 15 is 0 Å². The van der Waals surface area contributed by atoms with Gasteiger partial charge in [-0.25, -0.2) is 0 Å². The fourth-order valence-corrected chi connectivity index (χ4v) is 6.11. The van der Waals surface area contributed by atoms with E-state index in [1.54, 1.807) is 0 Å². The molecule has 35 heavy (non-hydrogen) atoms. The van der Waals surface area contributed by atoms with Gasteiger partial charge >= 0.3 is 37.9 Å². The molecule has 0 heterocycles. The van der Waals surface area contributed by atoms with Crippen LogP contribution >= 0.6 is 17.0 Å². The molecule has 1 aromatic carbocycles. The molecule has 5 atom stereocenters. The van der Waals surface area contributed by atoms with E-state index in [2.05, 4.69) is 85.5 Å². The monoisotopic (exact) mass is 588 g/mol.